The van der Waals surface area contributed by atoms with E-state index in [4.69, 9.17) is 28.6 Å². The average molecular weight is 478 g/mol. The summed E-state index contributed by atoms with van der Waals surface area (Å²) in [6, 6.07) is 20.8. The predicted molar refractivity (Wildman–Crippen MR) is 136 cm³/mol. The summed E-state index contributed by atoms with van der Waals surface area (Å²) in [7, 11) is 0. The van der Waals surface area contributed by atoms with Gasteiger partial charge in [0.15, 0.2) is 10.8 Å². The van der Waals surface area contributed by atoms with Crippen molar-refractivity contribution in [3.63, 3.8) is 0 Å². The third-order valence-electron chi connectivity index (χ3n) is 6.31. The molecule has 2 bridgehead atoms. The summed E-state index contributed by atoms with van der Waals surface area (Å²) in [5.41, 5.74) is 3.61. The van der Waals surface area contributed by atoms with Gasteiger partial charge in [-0.15, -0.1) is 0 Å². The van der Waals surface area contributed by atoms with E-state index in [1.165, 1.54) is 0 Å². The Hall–Kier alpha value is -3.09. The lowest BCUT2D eigenvalue weighted by atomic mass is 9.78. The zero-order valence-electron chi connectivity index (χ0n) is 18.6. The molecule has 1 fully saturated rings. The minimum Gasteiger partial charge on any atom is -0.467 e. The maximum absolute atomic E-state index is 13.8. The minimum absolute atomic E-state index is 0.162. The maximum atomic E-state index is 13.8. The Labute approximate surface area is 203 Å². The summed E-state index contributed by atoms with van der Waals surface area (Å²) >= 11 is 11.8. The highest BCUT2D eigenvalue weighted by atomic mass is 35.5. The first-order chi connectivity index (χ1) is 15.8. The SMILES string of the molecule is Cc1cccc(N2C(=S)N[C@@H]3c4cc(C)ccc4O[C@@]2(C)[C@@H]3C(=O)Nc2ccc(Cl)cc2)c1. The molecule has 0 spiro atoms. The molecule has 0 saturated carbocycles. The van der Waals surface area contributed by atoms with Crippen LogP contribution in [0.5, 0.6) is 5.75 Å². The van der Waals surface area contributed by atoms with Crippen LogP contribution < -0.4 is 20.3 Å². The van der Waals surface area contributed by atoms with E-state index in [0.29, 0.717) is 15.8 Å². The number of ether oxygens (including phenoxy) is 1. The van der Waals surface area contributed by atoms with Crippen molar-refractivity contribution in [3.8, 4) is 5.75 Å². The lowest BCUT2D eigenvalue weighted by Gasteiger charge is -2.56. The molecule has 7 heteroatoms. The van der Waals surface area contributed by atoms with Crippen LogP contribution in [0.4, 0.5) is 11.4 Å². The fourth-order valence-corrected chi connectivity index (χ4v) is 5.35. The molecular weight excluding hydrogens is 454 g/mol. The van der Waals surface area contributed by atoms with Crippen molar-refractivity contribution in [1.82, 2.24) is 5.32 Å². The second kappa shape index (κ2) is 8.04. The molecule has 0 unspecified atom stereocenters. The van der Waals surface area contributed by atoms with Gasteiger partial charge in [-0.05, 0) is 81.0 Å². The van der Waals surface area contributed by atoms with Crippen LogP contribution in [0.15, 0.2) is 66.7 Å². The van der Waals surface area contributed by atoms with Gasteiger partial charge in [-0.1, -0.05) is 41.4 Å². The first kappa shape index (κ1) is 21.7. The number of aryl methyl sites for hydroxylation is 2. The van der Waals surface area contributed by atoms with Gasteiger partial charge < -0.3 is 15.4 Å². The standard InChI is InChI=1S/C26H24ClN3O2S/c1-15-5-4-6-19(13-15)30-25(33)29-23-20-14-16(2)7-12-21(20)32-26(30,3)22(23)24(31)28-18-10-8-17(27)9-11-18/h4-14,22-23H,1-3H3,(H,28,31)(H,29,33)/t22-,23+,26-/m0/s1. The van der Waals surface area contributed by atoms with E-state index in [1.807, 2.05) is 62.1 Å². The molecule has 2 aliphatic heterocycles. The van der Waals surface area contributed by atoms with Gasteiger partial charge in [0.05, 0.1) is 6.04 Å². The van der Waals surface area contributed by atoms with Gasteiger partial charge in [0, 0.05) is 22.0 Å². The number of halogens is 1. The molecule has 168 valence electrons. The molecule has 0 aromatic heterocycles. The number of carbonyl (C=O) groups excluding carboxylic acids is 1. The zero-order valence-corrected chi connectivity index (χ0v) is 20.1. The van der Waals surface area contributed by atoms with E-state index in [2.05, 4.69) is 16.7 Å². The maximum Gasteiger partial charge on any atom is 0.236 e. The van der Waals surface area contributed by atoms with Gasteiger partial charge in [-0.3, -0.25) is 9.69 Å². The van der Waals surface area contributed by atoms with Gasteiger partial charge in [-0.2, -0.15) is 0 Å². The Morgan fingerprint density at radius 3 is 2.55 bits per heavy atom. The number of fused-ring (bicyclic) bond motifs is 4. The number of nitrogens with zero attached hydrogens (tertiary/aromatic N) is 1. The van der Waals surface area contributed by atoms with E-state index in [0.717, 1.165) is 28.1 Å². The number of nitrogens with one attached hydrogen (secondary N) is 2. The summed E-state index contributed by atoms with van der Waals surface area (Å²) in [6.07, 6.45) is 0. The van der Waals surface area contributed by atoms with Crippen LogP contribution in [0.3, 0.4) is 0 Å². The minimum atomic E-state index is -1.04. The third-order valence-corrected chi connectivity index (χ3v) is 6.86. The number of carbonyl (C=O) groups is 1. The van der Waals surface area contributed by atoms with Crippen molar-refractivity contribution in [2.45, 2.75) is 32.5 Å². The van der Waals surface area contributed by atoms with Crippen molar-refractivity contribution in [2.24, 2.45) is 5.92 Å². The van der Waals surface area contributed by atoms with Crippen LogP contribution in [0.2, 0.25) is 5.02 Å². The Kier molecular flexibility index (Phi) is 5.30. The molecule has 5 nitrogen and oxygen atoms in total. The lowest BCUT2D eigenvalue weighted by molar-refractivity contribution is -0.130. The fourth-order valence-electron chi connectivity index (χ4n) is 4.81. The predicted octanol–water partition coefficient (Wildman–Crippen LogP) is 5.76. The number of thiocarbonyl (C=S) groups is 1. The van der Waals surface area contributed by atoms with Crippen LogP contribution in [-0.4, -0.2) is 16.7 Å². The largest absolute Gasteiger partial charge is 0.467 e. The molecule has 0 radical (unpaired) electrons. The molecule has 0 aliphatic carbocycles. The summed E-state index contributed by atoms with van der Waals surface area (Å²) < 4.78 is 6.63. The molecule has 2 heterocycles. The van der Waals surface area contributed by atoms with Crippen LogP contribution in [0.1, 0.15) is 29.7 Å². The van der Waals surface area contributed by atoms with Gasteiger partial charge in [0.1, 0.15) is 11.7 Å². The molecule has 5 rings (SSSR count). The Balaban J connectivity index is 1.63. The molecule has 1 saturated heterocycles. The Bertz CT molecular complexity index is 1260. The molecule has 2 N–H and O–H groups in total. The van der Waals surface area contributed by atoms with E-state index in [-0.39, 0.29) is 11.9 Å². The van der Waals surface area contributed by atoms with Crippen LogP contribution in [-0.2, 0) is 4.79 Å². The number of anilines is 2. The number of hydrogen-bond acceptors (Lipinski definition) is 3. The molecule has 33 heavy (non-hydrogen) atoms. The van der Waals surface area contributed by atoms with Crippen molar-refractivity contribution >= 4 is 46.2 Å². The normalized spacial score (nSPS) is 23.3. The Morgan fingerprint density at radius 2 is 1.82 bits per heavy atom. The summed E-state index contributed by atoms with van der Waals surface area (Å²) in [5, 5.41) is 7.63. The number of benzene rings is 3. The molecule has 2 aliphatic rings. The molecule has 3 aromatic carbocycles. The van der Waals surface area contributed by atoms with Crippen LogP contribution >= 0.6 is 23.8 Å². The van der Waals surface area contributed by atoms with E-state index >= 15 is 0 Å². The third kappa shape index (κ3) is 3.73. The monoisotopic (exact) mass is 477 g/mol. The number of rotatable bonds is 3. The second-order valence-corrected chi connectivity index (χ2v) is 9.60. The lowest BCUT2D eigenvalue weighted by Crippen LogP contribution is -2.72. The van der Waals surface area contributed by atoms with E-state index in [1.54, 1.807) is 24.3 Å². The molecule has 3 atom stereocenters. The summed E-state index contributed by atoms with van der Waals surface area (Å²) in [4.78, 5) is 15.7. The summed E-state index contributed by atoms with van der Waals surface area (Å²) in [5.74, 6) is -0.00406. The van der Waals surface area contributed by atoms with Gasteiger partial charge >= 0.3 is 0 Å². The number of hydrogen-bond donors (Lipinski definition) is 2. The highest BCUT2D eigenvalue weighted by Gasteiger charge is 2.59. The smallest absolute Gasteiger partial charge is 0.236 e. The quantitative estimate of drug-likeness (QED) is 0.470. The molecule has 3 aromatic rings. The van der Waals surface area contributed by atoms with Crippen molar-refractivity contribution in [3.05, 3.63) is 88.4 Å². The zero-order chi connectivity index (χ0) is 23.3. The highest BCUT2D eigenvalue weighted by Crippen LogP contribution is 2.50. The van der Waals surface area contributed by atoms with Crippen LogP contribution in [0.25, 0.3) is 0 Å². The van der Waals surface area contributed by atoms with Crippen LogP contribution in [0, 0.1) is 19.8 Å². The average Bonchev–Trinajstić information content (AvgIpc) is 2.75. The van der Waals surface area contributed by atoms with Crippen molar-refractivity contribution < 1.29 is 9.53 Å². The highest BCUT2D eigenvalue weighted by molar-refractivity contribution is 7.80. The van der Waals surface area contributed by atoms with E-state index in [9.17, 15) is 4.79 Å². The van der Waals surface area contributed by atoms with E-state index < -0.39 is 11.6 Å². The first-order valence-electron chi connectivity index (χ1n) is 10.8. The van der Waals surface area contributed by atoms with Gasteiger partial charge in [0.25, 0.3) is 0 Å². The Morgan fingerprint density at radius 1 is 1.09 bits per heavy atom. The summed E-state index contributed by atoms with van der Waals surface area (Å²) in [6.45, 7) is 5.99. The second-order valence-electron chi connectivity index (χ2n) is 8.77. The van der Waals surface area contributed by atoms with Gasteiger partial charge in [0.2, 0.25) is 5.91 Å². The molecule has 1 amide bonds. The topological polar surface area (TPSA) is 53.6 Å². The van der Waals surface area contributed by atoms with Crippen molar-refractivity contribution in [2.75, 3.05) is 10.2 Å². The fraction of sp³-hybridized carbons (Fsp3) is 0.231. The van der Waals surface area contributed by atoms with Gasteiger partial charge in [-0.25, -0.2) is 0 Å². The number of amides is 1. The van der Waals surface area contributed by atoms with Crippen molar-refractivity contribution in [1.29, 1.82) is 0 Å². The molecular formula is C26H24ClN3O2S. The first-order valence-corrected chi connectivity index (χ1v) is 11.6.